The van der Waals surface area contributed by atoms with E-state index in [-0.39, 0.29) is 18.4 Å². The van der Waals surface area contributed by atoms with Crippen LogP contribution in [0, 0.1) is 29.6 Å². The third kappa shape index (κ3) is 2.36. The van der Waals surface area contributed by atoms with E-state index < -0.39 is 12.0 Å². The predicted molar refractivity (Wildman–Crippen MR) is 69.2 cm³/mol. The van der Waals surface area contributed by atoms with Crippen molar-refractivity contribution in [1.29, 1.82) is 0 Å². The van der Waals surface area contributed by atoms with E-state index >= 15 is 0 Å². The second-order valence-electron chi connectivity index (χ2n) is 6.65. The highest BCUT2D eigenvalue weighted by atomic mass is 16.4. The van der Waals surface area contributed by atoms with E-state index in [4.69, 9.17) is 10.8 Å². The number of carbonyl (C=O) groups excluding carboxylic acids is 1. The largest absolute Gasteiger partial charge is 0.480 e. The molecule has 106 valence electrons. The summed E-state index contributed by atoms with van der Waals surface area (Å²) in [7, 11) is 0. The lowest BCUT2D eigenvalue weighted by atomic mass is 9.50. The average molecular weight is 266 g/mol. The van der Waals surface area contributed by atoms with Crippen LogP contribution < -0.4 is 11.1 Å². The summed E-state index contributed by atoms with van der Waals surface area (Å²) >= 11 is 0. The number of rotatable bonds is 4. The van der Waals surface area contributed by atoms with Gasteiger partial charge in [0.25, 0.3) is 0 Å². The van der Waals surface area contributed by atoms with Gasteiger partial charge in [-0.15, -0.1) is 0 Å². The molecule has 0 heterocycles. The van der Waals surface area contributed by atoms with Crippen LogP contribution in [-0.2, 0) is 9.59 Å². The molecule has 4 bridgehead atoms. The van der Waals surface area contributed by atoms with Crippen molar-refractivity contribution in [2.45, 2.75) is 38.1 Å². The highest BCUT2D eigenvalue weighted by Crippen LogP contribution is 2.57. The third-order valence-corrected chi connectivity index (χ3v) is 5.43. The number of carboxylic acids is 1. The molecular weight excluding hydrogens is 244 g/mol. The minimum absolute atomic E-state index is 0.265. The Morgan fingerprint density at radius 2 is 1.63 bits per heavy atom. The molecule has 4 saturated carbocycles. The zero-order valence-electron chi connectivity index (χ0n) is 11.0. The molecule has 1 amide bonds. The second-order valence-corrected chi connectivity index (χ2v) is 6.65. The number of aliphatic carboxylic acids is 1. The molecule has 0 saturated heterocycles. The lowest BCUT2D eigenvalue weighted by Gasteiger charge is -2.55. The van der Waals surface area contributed by atoms with Gasteiger partial charge in [0.15, 0.2) is 0 Å². The molecule has 4 N–H and O–H groups in total. The SMILES string of the molecule is NC(C(=O)NCC(=O)O)C1C2CC3CC(C2)CC1C3. The van der Waals surface area contributed by atoms with Crippen LogP contribution in [0.25, 0.3) is 0 Å². The molecular formula is C14H22N2O3. The van der Waals surface area contributed by atoms with E-state index in [9.17, 15) is 9.59 Å². The number of amides is 1. The van der Waals surface area contributed by atoms with Crippen LogP contribution in [-0.4, -0.2) is 29.6 Å². The summed E-state index contributed by atoms with van der Waals surface area (Å²) in [4.78, 5) is 22.5. The Hall–Kier alpha value is -1.10. The molecule has 0 aromatic heterocycles. The molecule has 4 fully saturated rings. The molecule has 4 aliphatic rings. The van der Waals surface area contributed by atoms with Crippen molar-refractivity contribution in [1.82, 2.24) is 5.32 Å². The van der Waals surface area contributed by atoms with Gasteiger partial charge in [-0.25, -0.2) is 0 Å². The second kappa shape index (κ2) is 4.78. The summed E-state index contributed by atoms with van der Waals surface area (Å²) in [6, 6.07) is -0.533. The lowest BCUT2D eigenvalue weighted by molar-refractivity contribution is -0.139. The van der Waals surface area contributed by atoms with Gasteiger partial charge in [-0.2, -0.15) is 0 Å². The van der Waals surface area contributed by atoms with Crippen LogP contribution in [0.4, 0.5) is 0 Å². The van der Waals surface area contributed by atoms with Crippen LogP contribution in [0.5, 0.6) is 0 Å². The first-order valence-corrected chi connectivity index (χ1v) is 7.29. The Morgan fingerprint density at radius 1 is 1.11 bits per heavy atom. The van der Waals surface area contributed by atoms with Gasteiger partial charge < -0.3 is 16.2 Å². The summed E-state index contributed by atoms with van der Waals surface area (Å²) in [5, 5.41) is 11.0. The van der Waals surface area contributed by atoms with Crippen molar-refractivity contribution in [2.24, 2.45) is 35.3 Å². The smallest absolute Gasteiger partial charge is 0.322 e. The van der Waals surface area contributed by atoms with Gasteiger partial charge in [0, 0.05) is 0 Å². The molecule has 5 nitrogen and oxygen atoms in total. The van der Waals surface area contributed by atoms with E-state index in [2.05, 4.69) is 5.32 Å². The normalized spacial score (nSPS) is 41.0. The van der Waals surface area contributed by atoms with Crippen molar-refractivity contribution in [3.63, 3.8) is 0 Å². The van der Waals surface area contributed by atoms with Crippen molar-refractivity contribution < 1.29 is 14.7 Å². The molecule has 0 aliphatic heterocycles. The van der Waals surface area contributed by atoms with Gasteiger partial charge in [0.1, 0.15) is 6.54 Å². The zero-order chi connectivity index (χ0) is 13.6. The van der Waals surface area contributed by atoms with E-state index in [0.29, 0.717) is 11.8 Å². The fourth-order valence-corrected chi connectivity index (χ4v) is 5.01. The van der Waals surface area contributed by atoms with E-state index in [1.807, 2.05) is 0 Å². The summed E-state index contributed by atoms with van der Waals surface area (Å²) in [5.41, 5.74) is 6.12. The number of nitrogens with two attached hydrogens (primary N) is 1. The first-order valence-electron chi connectivity index (χ1n) is 7.29. The Balaban J connectivity index is 1.65. The third-order valence-electron chi connectivity index (χ3n) is 5.43. The molecule has 1 unspecified atom stereocenters. The summed E-state index contributed by atoms with van der Waals surface area (Å²) in [5.74, 6) is 1.83. The summed E-state index contributed by atoms with van der Waals surface area (Å²) < 4.78 is 0. The van der Waals surface area contributed by atoms with Gasteiger partial charge in [-0.05, 0) is 61.7 Å². The van der Waals surface area contributed by atoms with Crippen molar-refractivity contribution in [2.75, 3.05) is 6.54 Å². The molecule has 4 rings (SSSR count). The van der Waals surface area contributed by atoms with Gasteiger partial charge in [0.05, 0.1) is 6.04 Å². The van der Waals surface area contributed by atoms with Crippen LogP contribution in [0.3, 0.4) is 0 Å². The van der Waals surface area contributed by atoms with E-state index in [1.165, 1.54) is 32.1 Å². The zero-order valence-corrected chi connectivity index (χ0v) is 11.0. The fourth-order valence-electron chi connectivity index (χ4n) is 5.01. The van der Waals surface area contributed by atoms with Gasteiger partial charge in [-0.1, -0.05) is 0 Å². The minimum atomic E-state index is -1.02. The Labute approximate surface area is 112 Å². The van der Waals surface area contributed by atoms with Crippen molar-refractivity contribution >= 4 is 11.9 Å². The molecule has 5 heteroatoms. The number of carbonyl (C=O) groups is 2. The quantitative estimate of drug-likeness (QED) is 0.694. The molecule has 4 aliphatic carbocycles. The first-order chi connectivity index (χ1) is 9.04. The summed E-state index contributed by atoms with van der Waals surface area (Å²) in [6.45, 7) is -0.333. The number of carboxylic acid groups (broad SMARTS) is 1. The standard InChI is InChI=1S/C14H22N2O3/c15-13(14(19)16-6-11(17)18)12-9-2-7-1-8(4-9)5-10(12)3-7/h7-10,12-13H,1-6,15H2,(H,16,19)(H,17,18). The minimum Gasteiger partial charge on any atom is -0.480 e. The van der Waals surface area contributed by atoms with Crippen LogP contribution >= 0.6 is 0 Å². The van der Waals surface area contributed by atoms with Crippen LogP contribution in [0.1, 0.15) is 32.1 Å². The number of hydrogen-bond acceptors (Lipinski definition) is 3. The predicted octanol–water partition coefficient (Wildman–Crippen LogP) is 0.587. The summed E-state index contributed by atoms with van der Waals surface area (Å²) in [6.07, 6.45) is 6.25. The molecule has 0 aromatic carbocycles. The maximum Gasteiger partial charge on any atom is 0.322 e. The highest BCUT2D eigenvalue weighted by molar-refractivity contribution is 5.85. The fraction of sp³-hybridized carbons (Fsp3) is 0.857. The van der Waals surface area contributed by atoms with E-state index in [0.717, 1.165) is 11.8 Å². The molecule has 19 heavy (non-hydrogen) atoms. The van der Waals surface area contributed by atoms with Gasteiger partial charge >= 0.3 is 5.97 Å². The Kier molecular flexibility index (Phi) is 3.25. The van der Waals surface area contributed by atoms with E-state index in [1.54, 1.807) is 0 Å². The Bertz CT molecular complexity index is 368. The van der Waals surface area contributed by atoms with Crippen LogP contribution in [0.2, 0.25) is 0 Å². The monoisotopic (exact) mass is 266 g/mol. The topological polar surface area (TPSA) is 92.4 Å². The van der Waals surface area contributed by atoms with Gasteiger partial charge in [-0.3, -0.25) is 9.59 Å². The molecule has 0 spiro atoms. The first kappa shape index (κ1) is 12.9. The van der Waals surface area contributed by atoms with Crippen molar-refractivity contribution in [3.8, 4) is 0 Å². The molecule has 0 aromatic rings. The highest BCUT2D eigenvalue weighted by Gasteiger charge is 2.51. The number of hydrogen-bond donors (Lipinski definition) is 3. The lowest BCUT2D eigenvalue weighted by Crippen LogP contribution is -2.56. The maximum absolute atomic E-state index is 12.0. The van der Waals surface area contributed by atoms with Crippen molar-refractivity contribution in [3.05, 3.63) is 0 Å². The Morgan fingerprint density at radius 3 is 2.11 bits per heavy atom. The average Bonchev–Trinajstić information content (AvgIpc) is 2.34. The molecule has 1 atom stereocenters. The van der Waals surface area contributed by atoms with Crippen LogP contribution in [0.15, 0.2) is 0 Å². The number of nitrogens with one attached hydrogen (secondary N) is 1. The maximum atomic E-state index is 12.0. The molecule has 0 radical (unpaired) electrons. The van der Waals surface area contributed by atoms with Gasteiger partial charge in [0.2, 0.25) is 5.91 Å².